The lowest BCUT2D eigenvalue weighted by Gasteiger charge is -2.32. The van der Waals surface area contributed by atoms with Crippen LogP contribution in [0.3, 0.4) is 0 Å². The lowest BCUT2D eigenvalue weighted by Crippen LogP contribution is -2.50. The molecule has 1 atom stereocenters. The molecule has 1 N–H and O–H groups in total. The molecule has 2 amide bonds. The highest BCUT2D eigenvalue weighted by molar-refractivity contribution is 5.88. The molecule has 194 valence electrons. The van der Waals surface area contributed by atoms with Crippen molar-refractivity contribution in [3.63, 3.8) is 0 Å². The van der Waals surface area contributed by atoms with Gasteiger partial charge in [0.25, 0.3) is 0 Å². The van der Waals surface area contributed by atoms with Crippen LogP contribution in [0.5, 0.6) is 11.5 Å². The number of aryl methyl sites for hydroxylation is 2. The van der Waals surface area contributed by atoms with Gasteiger partial charge in [-0.05, 0) is 48.6 Å². The average Bonchev–Trinajstić information content (AvgIpc) is 3.39. The minimum Gasteiger partial charge on any atom is -0.454 e. The summed E-state index contributed by atoms with van der Waals surface area (Å²) >= 11 is 0. The predicted molar refractivity (Wildman–Crippen MR) is 144 cm³/mol. The van der Waals surface area contributed by atoms with Gasteiger partial charge in [-0.15, -0.1) is 0 Å². The van der Waals surface area contributed by atoms with Crippen LogP contribution in [0.25, 0.3) is 0 Å². The number of carbonyl (C=O) groups is 2. The first-order valence-corrected chi connectivity index (χ1v) is 13.1. The van der Waals surface area contributed by atoms with E-state index in [0.29, 0.717) is 38.1 Å². The number of unbranched alkanes of at least 4 members (excludes halogenated alkanes) is 1. The molecule has 0 unspecified atom stereocenters. The van der Waals surface area contributed by atoms with Gasteiger partial charge in [0.15, 0.2) is 11.5 Å². The standard InChI is InChI=1S/C31H36N2O4/c1-3-4-18-32-31(35)27(19-24-8-6-5-7-9-24)33(21-26-12-10-23(2)11-13-26)30(34)17-15-25-14-16-28-29(20-25)37-22-36-28/h5-14,16,20,27H,3-4,15,17-19,21-22H2,1-2H3,(H,32,35)/t27-/m1/s1. The zero-order chi connectivity index (χ0) is 26.0. The minimum absolute atomic E-state index is 0.0511. The second-order valence-corrected chi connectivity index (χ2v) is 9.54. The fourth-order valence-electron chi connectivity index (χ4n) is 4.44. The van der Waals surface area contributed by atoms with Crippen LogP contribution in [0.2, 0.25) is 0 Å². The molecule has 0 bridgehead atoms. The van der Waals surface area contributed by atoms with E-state index in [1.165, 1.54) is 0 Å². The van der Waals surface area contributed by atoms with Gasteiger partial charge < -0.3 is 19.7 Å². The summed E-state index contributed by atoms with van der Waals surface area (Å²) in [6, 6.07) is 23.2. The summed E-state index contributed by atoms with van der Waals surface area (Å²) in [6.45, 7) is 5.33. The molecule has 37 heavy (non-hydrogen) atoms. The van der Waals surface area contributed by atoms with Crippen LogP contribution in [-0.2, 0) is 29.0 Å². The molecule has 0 radical (unpaired) electrons. The third-order valence-electron chi connectivity index (χ3n) is 6.64. The number of ether oxygens (including phenoxy) is 2. The van der Waals surface area contributed by atoms with Gasteiger partial charge in [0.05, 0.1) is 0 Å². The molecule has 3 aromatic rings. The van der Waals surface area contributed by atoms with E-state index >= 15 is 0 Å². The molecule has 3 aromatic carbocycles. The maximum absolute atomic E-state index is 13.8. The number of nitrogens with zero attached hydrogens (tertiary/aromatic N) is 1. The fourth-order valence-corrected chi connectivity index (χ4v) is 4.44. The van der Waals surface area contributed by atoms with Crippen LogP contribution in [0, 0.1) is 6.92 Å². The number of hydrogen-bond donors (Lipinski definition) is 1. The zero-order valence-corrected chi connectivity index (χ0v) is 21.7. The molecule has 0 spiro atoms. The first-order chi connectivity index (χ1) is 18.0. The summed E-state index contributed by atoms with van der Waals surface area (Å²) in [5.74, 6) is 1.27. The summed E-state index contributed by atoms with van der Waals surface area (Å²) in [6.07, 6.45) is 3.19. The average molecular weight is 501 g/mol. The second kappa shape index (κ2) is 12.9. The zero-order valence-electron chi connectivity index (χ0n) is 21.7. The van der Waals surface area contributed by atoms with Gasteiger partial charge in [-0.1, -0.05) is 79.6 Å². The van der Waals surface area contributed by atoms with Crippen LogP contribution in [0.4, 0.5) is 0 Å². The van der Waals surface area contributed by atoms with E-state index in [4.69, 9.17) is 9.47 Å². The molecule has 1 aliphatic heterocycles. The van der Waals surface area contributed by atoms with Gasteiger partial charge in [0.1, 0.15) is 6.04 Å². The van der Waals surface area contributed by atoms with Crippen molar-refractivity contribution in [2.45, 2.75) is 58.5 Å². The second-order valence-electron chi connectivity index (χ2n) is 9.54. The largest absolute Gasteiger partial charge is 0.454 e. The number of hydrogen-bond acceptors (Lipinski definition) is 4. The van der Waals surface area contributed by atoms with Crippen LogP contribution >= 0.6 is 0 Å². The van der Waals surface area contributed by atoms with Crippen molar-refractivity contribution in [1.29, 1.82) is 0 Å². The lowest BCUT2D eigenvalue weighted by molar-refractivity contribution is -0.141. The summed E-state index contributed by atoms with van der Waals surface area (Å²) in [5.41, 5.74) is 4.18. The Morgan fingerprint density at radius 2 is 1.65 bits per heavy atom. The number of amides is 2. The van der Waals surface area contributed by atoms with E-state index in [2.05, 4.69) is 12.2 Å². The molecule has 6 nitrogen and oxygen atoms in total. The highest BCUT2D eigenvalue weighted by Gasteiger charge is 2.30. The molecule has 0 saturated carbocycles. The molecule has 0 aromatic heterocycles. The summed E-state index contributed by atoms with van der Waals surface area (Å²) in [5, 5.41) is 3.07. The van der Waals surface area contributed by atoms with Crippen molar-refractivity contribution in [3.8, 4) is 11.5 Å². The Labute approximate surface area is 219 Å². The molecular formula is C31H36N2O4. The van der Waals surface area contributed by atoms with E-state index in [9.17, 15) is 9.59 Å². The van der Waals surface area contributed by atoms with Crippen molar-refractivity contribution in [3.05, 3.63) is 95.1 Å². The van der Waals surface area contributed by atoms with Crippen molar-refractivity contribution in [1.82, 2.24) is 10.2 Å². The van der Waals surface area contributed by atoms with Gasteiger partial charge in [0, 0.05) is 25.9 Å². The van der Waals surface area contributed by atoms with Crippen molar-refractivity contribution < 1.29 is 19.1 Å². The normalized spacial score (nSPS) is 12.7. The number of rotatable bonds is 12. The van der Waals surface area contributed by atoms with Crippen LogP contribution in [0.1, 0.15) is 48.4 Å². The van der Waals surface area contributed by atoms with Gasteiger partial charge in [-0.2, -0.15) is 0 Å². The Morgan fingerprint density at radius 3 is 2.41 bits per heavy atom. The van der Waals surface area contributed by atoms with Crippen molar-refractivity contribution in [2.75, 3.05) is 13.3 Å². The molecule has 4 rings (SSSR count). The molecule has 1 heterocycles. The van der Waals surface area contributed by atoms with E-state index in [1.54, 1.807) is 4.90 Å². The lowest BCUT2D eigenvalue weighted by atomic mass is 10.0. The van der Waals surface area contributed by atoms with Crippen LogP contribution in [-0.4, -0.2) is 36.1 Å². The number of benzene rings is 3. The quantitative estimate of drug-likeness (QED) is 0.347. The molecule has 0 saturated heterocycles. The molecule has 1 aliphatic rings. The number of fused-ring (bicyclic) bond motifs is 1. The van der Waals surface area contributed by atoms with Gasteiger partial charge >= 0.3 is 0 Å². The highest BCUT2D eigenvalue weighted by atomic mass is 16.7. The maximum atomic E-state index is 13.8. The Kier molecular flexibility index (Phi) is 9.19. The first-order valence-electron chi connectivity index (χ1n) is 13.1. The van der Waals surface area contributed by atoms with E-state index < -0.39 is 6.04 Å². The third kappa shape index (κ3) is 7.35. The van der Waals surface area contributed by atoms with Crippen LogP contribution < -0.4 is 14.8 Å². The van der Waals surface area contributed by atoms with Crippen molar-refractivity contribution >= 4 is 11.8 Å². The van der Waals surface area contributed by atoms with Gasteiger partial charge in [-0.25, -0.2) is 0 Å². The first kappa shape index (κ1) is 26.3. The van der Waals surface area contributed by atoms with E-state index in [1.807, 2.05) is 79.7 Å². The van der Waals surface area contributed by atoms with Crippen LogP contribution in [0.15, 0.2) is 72.8 Å². The summed E-state index contributed by atoms with van der Waals surface area (Å²) < 4.78 is 10.9. The minimum atomic E-state index is -0.607. The summed E-state index contributed by atoms with van der Waals surface area (Å²) in [7, 11) is 0. The Morgan fingerprint density at radius 1 is 0.919 bits per heavy atom. The SMILES string of the molecule is CCCCNC(=O)[C@@H](Cc1ccccc1)N(Cc1ccc(C)cc1)C(=O)CCc1ccc2c(c1)OCO2. The fraction of sp³-hybridized carbons (Fsp3) is 0.355. The molecule has 0 aliphatic carbocycles. The number of carbonyl (C=O) groups excluding carboxylic acids is 2. The highest BCUT2D eigenvalue weighted by Crippen LogP contribution is 2.33. The predicted octanol–water partition coefficient (Wildman–Crippen LogP) is 5.21. The number of nitrogens with one attached hydrogen (secondary N) is 1. The smallest absolute Gasteiger partial charge is 0.243 e. The van der Waals surface area contributed by atoms with Crippen molar-refractivity contribution in [2.24, 2.45) is 0 Å². The Balaban J connectivity index is 1.57. The Bertz CT molecular complexity index is 1180. The Hall–Kier alpha value is -3.80. The maximum Gasteiger partial charge on any atom is 0.243 e. The van der Waals surface area contributed by atoms with Gasteiger partial charge in [-0.3, -0.25) is 9.59 Å². The van der Waals surface area contributed by atoms with E-state index in [0.717, 1.165) is 40.8 Å². The summed E-state index contributed by atoms with van der Waals surface area (Å²) in [4.78, 5) is 29.0. The molecule has 0 fully saturated rings. The van der Waals surface area contributed by atoms with Gasteiger partial charge in [0.2, 0.25) is 18.6 Å². The molecule has 6 heteroatoms. The topological polar surface area (TPSA) is 67.9 Å². The monoisotopic (exact) mass is 500 g/mol. The molecular weight excluding hydrogens is 464 g/mol. The van der Waals surface area contributed by atoms with E-state index in [-0.39, 0.29) is 18.6 Å². The third-order valence-corrected chi connectivity index (χ3v) is 6.64.